The van der Waals surface area contributed by atoms with E-state index in [0.29, 0.717) is 25.8 Å². The molecule has 0 aliphatic rings. The number of hydrogen-bond acceptors (Lipinski definition) is 5. The fourth-order valence-electron chi connectivity index (χ4n) is 2.27. The highest BCUT2D eigenvalue weighted by Gasteiger charge is 2.10. The molecule has 0 aliphatic heterocycles. The van der Waals surface area contributed by atoms with Crippen LogP contribution in [-0.2, 0) is 17.6 Å². The molecule has 2 aromatic heterocycles. The van der Waals surface area contributed by atoms with Crippen LogP contribution in [0.4, 0.5) is 0 Å². The van der Waals surface area contributed by atoms with Gasteiger partial charge in [0, 0.05) is 30.8 Å². The number of amides is 1. The number of rotatable bonds is 7. The molecule has 22 heavy (non-hydrogen) atoms. The molecule has 5 nitrogen and oxygen atoms in total. The molecular weight excluding hydrogens is 298 g/mol. The summed E-state index contributed by atoms with van der Waals surface area (Å²) < 4.78 is 5.23. The van der Waals surface area contributed by atoms with Crippen molar-refractivity contribution in [3.05, 3.63) is 41.1 Å². The highest BCUT2D eigenvalue weighted by molar-refractivity contribution is 7.98. The number of furan rings is 1. The molecule has 0 radical (unpaired) electrons. The third kappa shape index (κ3) is 4.59. The second-order valence-corrected chi connectivity index (χ2v) is 5.81. The molecule has 0 unspecified atom stereocenters. The van der Waals surface area contributed by atoms with Gasteiger partial charge in [0.2, 0.25) is 5.91 Å². The highest BCUT2D eigenvalue weighted by Crippen LogP contribution is 2.17. The molecule has 0 aliphatic carbocycles. The number of nitrogens with zero attached hydrogens (tertiary/aromatic N) is 2. The van der Waals surface area contributed by atoms with Gasteiger partial charge in [-0.25, -0.2) is 9.97 Å². The monoisotopic (exact) mass is 319 g/mol. The van der Waals surface area contributed by atoms with Gasteiger partial charge in [-0.2, -0.15) is 0 Å². The Hall–Kier alpha value is -1.82. The number of thioether (sulfide) groups is 1. The molecule has 2 aromatic rings. The smallest absolute Gasteiger partial charge is 0.220 e. The van der Waals surface area contributed by atoms with Crippen LogP contribution in [0.15, 0.2) is 28.0 Å². The van der Waals surface area contributed by atoms with E-state index in [0.717, 1.165) is 27.9 Å². The molecule has 0 bridgehead atoms. The van der Waals surface area contributed by atoms with Crippen LogP contribution in [0.3, 0.4) is 0 Å². The maximum absolute atomic E-state index is 11.9. The second-order valence-electron chi connectivity index (χ2n) is 5.04. The van der Waals surface area contributed by atoms with Crippen molar-refractivity contribution in [2.45, 2.75) is 38.3 Å². The SMILES string of the molecule is CSc1nc(C)c(CCC(=O)NCCc2ccco2)c(C)n1. The van der Waals surface area contributed by atoms with Crippen molar-refractivity contribution in [3.8, 4) is 0 Å². The van der Waals surface area contributed by atoms with E-state index in [2.05, 4.69) is 15.3 Å². The van der Waals surface area contributed by atoms with E-state index in [1.165, 1.54) is 11.8 Å². The molecule has 6 heteroatoms. The van der Waals surface area contributed by atoms with Gasteiger partial charge in [-0.05, 0) is 44.2 Å². The van der Waals surface area contributed by atoms with E-state index in [1.54, 1.807) is 6.26 Å². The zero-order valence-corrected chi connectivity index (χ0v) is 14.0. The minimum atomic E-state index is 0.0410. The predicted molar refractivity (Wildman–Crippen MR) is 87.0 cm³/mol. The minimum Gasteiger partial charge on any atom is -0.469 e. The van der Waals surface area contributed by atoms with Crippen LogP contribution < -0.4 is 5.32 Å². The van der Waals surface area contributed by atoms with Gasteiger partial charge in [0.1, 0.15) is 5.76 Å². The summed E-state index contributed by atoms with van der Waals surface area (Å²) in [4.78, 5) is 20.8. The van der Waals surface area contributed by atoms with Gasteiger partial charge >= 0.3 is 0 Å². The summed E-state index contributed by atoms with van der Waals surface area (Å²) in [5, 5.41) is 3.69. The van der Waals surface area contributed by atoms with Gasteiger partial charge in [-0.1, -0.05) is 11.8 Å². The largest absolute Gasteiger partial charge is 0.469 e. The standard InChI is InChI=1S/C16H21N3O2S/c1-11-14(12(2)19-16(18-11)22-3)6-7-15(20)17-9-8-13-5-4-10-21-13/h4-5,10H,6-9H2,1-3H3,(H,17,20). The average Bonchev–Trinajstić information content (AvgIpc) is 2.99. The van der Waals surface area contributed by atoms with Crippen LogP contribution in [0.1, 0.15) is 29.1 Å². The Morgan fingerprint density at radius 1 is 1.27 bits per heavy atom. The van der Waals surface area contributed by atoms with Gasteiger partial charge in [0.05, 0.1) is 6.26 Å². The predicted octanol–water partition coefficient (Wildman–Crippen LogP) is 2.70. The zero-order chi connectivity index (χ0) is 15.9. The number of carbonyl (C=O) groups is 1. The van der Waals surface area contributed by atoms with E-state index >= 15 is 0 Å². The Labute approximate surface area is 134 Å². The first kappa shape index (κ1) is 16.5. The van der Waals surface area contributed by atoms with Gasteiger partial charge in [-0.3, -0.25) is 4.79 Å². The van der Waals surface area contributed by atoms with Crippen molar-refractivity contribution in [1.29, 1.82) is 0 Å². The molecule has 0 saturated heterocycles. The summed E-state index contributed by atoms with van der Waals surface area (Å²) in [5.74, 6) is 0.923. The molecule has 118 valence electrons. The summed E-state index contributed by atoms with van der Waals surface area (Å²) >= 11 is 1.53. The van der Waals surface area contributed by atoms with Crippen LogP contribution in [0.25, 0.3) is 0 Å². The minimum absolute atomic E-state index is 0.0410. The van der Waals surface area contributed by atoms with Crippen molar-refractivity contribution in [1.82, 2.24) is 15.3 Å². The maximum atomic E-state index is 11.9. The second kappa shape index (κ2) is 7.98. The van der Waals surface area contributed by atoms with Crippen molar-refractivity contribution >= 4 is 17.7 Å². The number of hydrogen-bond donors (Lipinski definition) is 1. The number of aromatic nitrogens is 2. The summed E-state index contributed by atoms with van der Waals surface area (Å²) in [6, 6.07) is 3.75. The van der Waals surface area contributed by atoms with E-state index in [9.17, 15) is 4.79 Å². The van der Waals surface area contributed by atoms with Crippen LogP contribution >= 0.6 is 11.8 Å². The number of carbonyl (C=O) groups excluding carboxylic acids is 1. The van der Waals surface area contributed by atoms with Crippen molar-refractivity contribution in [2.75, 3.05) is 12.8 Å². The van der Waals surface area contributed by atoms with Gasteiger partial charge in [0.15, 0.2) is 5.16 Å². The maximum Gasteiger partial charge on any atom is 0.220 e. The highest BCUT2D eigenvalue weighted by atomic mass is 32.2. The molecule has 0 fully saturated rings. The third-order valence-corrected chi connectivity index (χ3v) is 4.01. The fourth-order valence-corrected chi connectivity index (χ4v) is 2.73. The fraction of sp³-hybridized carbons (Fsp3) is 0.438. The van der Waals surface area contributed by atoms with Gasteiger partial charge in [-0.15, -0.1) is 0 Å². The lowest BCUT2D eigenvalue weighted by Gasteiger charge is -2.10. The summed E-state index contributed by atoms with van der Waals surface area (Å²) in [6.07, 6.45) is 5.42. The molecule has 0 spiro atoms. The summed E-state index contributed by atoms with van der Waals surface area (Å²) in [7, 11) is 0. The first-order chi connectivity index (χ1) is 10.6. The molecule has 2 rings (SSSR count). The van der Waals surface area contributed by atoms with Crippen molar-refractivity contribution in [2.24, 2.45) is 0 Å². The molecule has 0 atom stereocenters. The first-order valence-electron chi connectivity index (χ1n) is 7.27. The van der Waals surface area contributed by atoms with Crippen LogP contribution in [0.5, 0.6) is 0 Å². The average molecular weight is 319 g/mol. The third-order valence-electron chi connectivity index (χ3n) is 3.46. The van der Waals surface area contributed by atoms with Crippen LogP contribution in [-0.4, -0.2) is 28.7 Å². The molecular formula is C16H21N3O2S. The quantitative estimate of drug-likeness (QED) is 0.628. The number of nitrogens with one attached hydrogen (secondary N) is 1. The number of aryl methyl sites for hydroxylation is 2. The van der Waals surface area contributed by atoms with E-state index < -0.39 is 0 Å². The Balaban J connectivity index is 1.81. The summed E-state index contributed by atoms with van der Waals surface area (Å²) in [5.41, 5.74) is 2.99. The Morgan fingerprint density at radius 3 is 2.59 bits per heavy atom. The Morgan fingerprint density at radius 2 is 2.00 bits per heavy atom. The molecule has 2 heterocycles. The lowest BCUT2D eigenvalue weighted by Crippen LogP contribution is -2.26. The van der Waals surface area contributed by atoms with Gasteiger partial charge in [0.25, 0.3) is 0 Å². The molecule has 0 aromatic carbocycles. The van der Waals surface area contributed by atoms with E-state index in [4.69, 9.17) is 4.42 Å². The normalized spacial score (nSPS) is 10.7. The van der Waals surface area contributed by atoms with Crippen LogP contribution in [0.2, 0.25) is 0 Å². The lowest BCUT2D eigenvalue weighted by molar-refractivity contribution is -0.121. The topological polar surface area (TPSA) is 68.0 Å². The zero-order valence-electron chi connectivity index (χ0n) is 13.2. The molecule has 1 amide bonds. The van der Waals surface area contributed by atoms with Gasteiger partial charge < -0.3 is 9.73 Å². The summed E-state index contributed by atoms with van der Waals surface area (Å²) in [6.45, 7) is 4.53. The molecule has 1 N–H and O–H groups in total. The first-order valence-corrected chi connectivity index (χ1v) is 8.50. The van der Waals surface area contributed by atoms with Crippen molar-refractivity contribution in [3.63, 3.8) is 0 Å². The lowest BCUT2D eigenvalue weighted by atomic mass is 10.1. The van der Waals surface area contributed by atoms with E-state index in [1.807, 2.05) is 32.2 Å². The Kier molecular flexibility index (Phi) is 6.00. The van der Waals surface area contributed by atoms with E-state index in [-0.39, 0.29) is 5.91 Å². The van der Waals surface area contributed by atoms with Crippen LogP contribution in [0, 0.1) is 13.8 Å². The van der Waals surface area contributed by atoms with Crippen molar-refractivity contribution < 1.29 is 9.21 Å². The molecule has 0 saturated carbocycles. The Bertz CT molecular complexity index is 603.